The van der Waals surface area contributed by atoms with E-state index in [1.807, 2.05) is 0 Å². The number of aliphatic imine (C=N–C) groups is 3. The molecule has 0 saturated heterocycles. The zero-order valence-electron chi connectivity index (χ0n) is 15.2. The number of thiol groups is 2. The average molecular weight is 521 g/mol. The number of nitrogens with zero attached hydrogens (tertiary/aromatic N) is 3. The molecule has 0 aromatic heterocycles. The van der Waals surface area contributed by atoms with E-state index in [0.29, 0.717) is 26.9 Å². The molecule has 0 spiro atoms. The number of rotatable bonds is 5. The van der Waals surface area contributed by atoms with Crippen molar-refractivity contribution in [2.24, 2.45) is 20.7 Å². The molecule has 0 fully saturated rings. The fourth-order valence-corrected chi connectivity index (χ4v) is 3.88. The molecular weight excluding hydrogens is 507 g/mol. The minimum absolute atomic E-state index is 0.0874. The summed E-state index contributed by atoms with van der Waals surface area (Å²) in [6.45, 7) is 0. The third-order valence-electron chi connectivity index (χ3n) is 3.66. The molecule has 2 aromatic carbocycles. The normalized spacial score (nSPS) is 16.7. The highest BCUT2D eigenvalue weighted by molar-refractivity contribution is 7.86. The van der Waals surface area contributed by atoms with Gasteiger partial charge in [-0.15, -0.1) is 25.3 Å². The number of nitrogens with one attached hydrogen (secondary N) is 2. The molecule has 164 valence electrons. The molecule has 31 heavy (non-hydrogen) atoms. The van der Waals surface area contributed by atoms with Gasteiger partial charge < -0.3 is 21.1 Å². The molecule has 1 aliphatic rings. The Balaban J connectivity index is 1.86. The molecular formula is C16H14Cl2N6O4S3. The molecule has 0 aliphatic carbocycles. The minimum atomic E-state index is -4.47. The number of ether oxygens (including phenoxy) is 1. The second-order valence-electron chi connectivity index (χ2n) is 5.86. The van der Waals surface area contributed by atoms with Crippen LogP contribution in [0.25, 0.3) is 0 Å². The Bertz CT molecular complexity index is 1220. The fraction of sp³-hybridized carbons (Fsp3) is 0.0625. The Kier molecular flexibility index (Phi) is 7.24. The Morgan fingerprint density at radius 2 is 2.00 bits per heavy atom. The molecule has 10 nitrogen and oxygen atoms in total. The van der Waals surface area contributed by atoms with Crippen molar-refractivity contribution in [3.63, 3.8) is 0 Å². The van der Waals surface area contributed by atoms with Gasteiger partial charge in [0, 0.05) is 9.79 Å². The van der Waals surface area contributed by atoms with Gasteiger partial charge in [0.1, 0.15) is 16.9 Å². The van der Waals surface area contributed by atoms with Gasteiger partial charge in [0.05, 0.1) is 11.4 Å². The Hall–Kier alpha value is -2.16. The molecule has 2 aromatic rings. The molecule has 0 amide bonds. The zero-order valence-corrected chi connectivity index (χ0v) is 19.3. The standard InChI is InChI=1S/C16H14Cl2N6O4S3/c17-14(19)24-15(18)21-6-20-10-4-8(30)5-11-13(10)28-16(23-11)22-9-3-7(29)1-2-12(9)31(25,26)27/h1-6,16,22-23,29-30H,(H,25,26,27)(H2,19,20,21,24). The number of hydrogen-bond acceptors (Lipinski definition) is 8. The first-order chi connectivity index (χ1) is 14.5. The summed E-state index contributed by atoms with van der Waals surface area (Å²) in [6, 6.07) is 7.39. The van der Waals surface area contributed by atoms with Crippen LogP contribution in [0.5, 0.6) is 5.75 Å². The van der Waals surface area contributed by atoms with Crippen LogP contribution in [0.1, 0.15) is 0 Å². The lowest BCUT2D eigenvalue weighted by Gasteiger charge is -2.17. The maximum absolute atomic E-state index is 11.6. The first kappa shape index (κ1) is 23.5. The Morgan fingerprint density at radius 3 is 2.68 bits per heavy atom. The second kappa shape index (κ2) is 9.54. The quantitative estimate of drug-likeness (QED) is 0.116. The van der Waals surface area contributed by atoms with Crippen LogP contribution in [0, 0.1) is 0 Å². The Labute approximate surface area is 198 Å². The van der Waals surface area contributed by atoms with Crippen LogP contribution in [0.4, 0.5) is 17.1 Å². The number of nitrogens with two attached hydrogens (primary N) is 1. The van der Waals surface area contributed by atoms with E-state index in [0.717, 1.165) is 6.34 Å². The number of benzene rings is 2. The van der Waals surface area contributed by atoms with Crippen molar-refractivity contribution in [2.75, 3.05) is 10.6 Å². The molecule has 3 rings (SSSR count). The van der Waals surface area contributed by atoms with Gasteiger partial charge in [-0.3, -0.25) is 4.55 Å². The fourth-order valence-electron chi connectivity index (χ4n) is 2.53. The van der Waals surface area contributed by atoms with Gasteiger partial charge in [-0.2, -0.15) is 13.4 Å². The summed E-state index contributed by atoms with van der Waals surface area (Å²) in [6.07, 6.45) is 0.238. The number of anilines is 2. The second-order valence-corrected chi connectivity index (χ2v) is 9.01. The summed E-state index contributed by atoms with van der Waals surface area (Å²) in [7, 11) is -4.47. The molecule has 1 unspecified atom stereocenters. The molecule has 1 atom stereocenters. The maximum Gasteiger partial charge on any atom is 0.296 e. The van der Waals surface area contributed by atoms with Crippen molar-refractivity contribution >= 4 is 92.6 Å². The number of fused-ring (bicyclic) bond motifs is 1. The van der Waals surface area contributed by atoms with Crippen molar-refractivity contribution in [3.05, 3.63) is 30.3 Å². The molecule has 0 radical (unpaired) electrons. The largest absolute Gasteiger partial charge is 0.448 e. The van der Waals surface area contributed by atoms with Gasteiger partial charge in [-0.05, 0) is 53.5 Å². The highest BCUT2D eigenvalue weighted by Crippen LogP contribution is 2.43. The van der Waals surface area contributed by atoms with E-state index in [9.17, 15) is 13.0 Å². The number of halogens is 2. The summed E-state index contributed by atoms with van der Waals surface area (Å²) in [4.78, 5) is 12.2. The summed E-state index contributed by atoms with van der Waals surface area (Å²) in [5, 5.41) is 5.36. The van der Waals surface area contributed by atoms with E-state index < -0.39 is 16.5 Å². The number of amidine groups is 2. The van der Waals surface area contributed by atoms with E-state index in [1.54, 1.807) is 12.1 Å². The lowest BCUT2D eigenvalue weighted by molar-refractivity contribution is 0.283. The summed E-state index contributed by atoms with van der Waals surface area (Å²) >= 11 is 19.7. The molecule has 15 heteroatoms. The van der Waals surface area contributed by atoms with E-state index in [-0.39, 0.29) is 21.2 Å². The smallest absolute Gasteiger partial charge is 0.296 e. The van der Waals surface area contributed by atoms with Crippen LogP contribution in [-0.4, -0.2) is 36.3 Å². The summed E-state index contributed by atoms with van der Waals surface area (Å²) < 4.78 is 38.6. The minimum Gasteiger partial charge on any atom is -0.448 e. The summed E-state index contributed by atoms with van der Waals surface area (Å²) in [5.41, 5.74) is 6.17. The SMILES string of the molecule is N/C(Cl)=N\C(Cl)=NC=Nc1cc(S)cc2c1OC(Nc1cc(S)ccc1S(=O)(=O)O)N2. The van der Waals surface area contributed by atoms with Crippen LogP contribution in [0.2, 0.25) is 0 Å². The number of hydrogen-bond donors (Lipinski definition) is 6. The summed E-state index contributed by atoms with van der Waals surface area (Å²) in [5.74, 6) is 0.341. The van der Waals surface area contributed by atoms with E-state index >= 15 is 0 Å². The van der Waals surface area contributed by atoms with Crippen LogP contribution in [0.15, 0.2) is 60.0 Å². The lowest BCUT2D eigenvalue weighted by atomic mass is 10.2. The van der Waals surface area contributed by atoms with Crippen molar-refractivity contribution in [2.45, 2.75) is 21.0 Å². The predicted octanol–water partition coefficient (Wildman–Crippen LogP) is 3.52. The monoisotopic (exact) mass is 520 g/mol. The highest BCUT2D eigenvalue weighted by atomic mass is 35.5. The molecule has 1 heterocycles. The third-order valence-corrected chi connectivity index (χ3v) is 5.38. The van der Waals surface area contributed by atoms with Gasteiger partial charge in [-0.1, -0.05) is 0 Å². The van der Waals surface area contributed by atoms with Crippen LogP contribution in [0.3, 0.4) is 0 Å². The molecule has 1 aliphatic heterocycles. The first-order valence-electron chi connectivity index (χ1n) is 8.15. The van der Waals surface area contributed by atoms with Gasteiger partial charge >= 0.3 is 0 Å². The van der Waals surface area contributed by atoms with Gasteiger partial charge in [0.15, 0.2) is 11.0 Å². The first-order valence-corrected chi connectivity index (χ1v) is 11.2. The van der Waals surface area contributed by atoms with Crippen molar-refractivity contribution in [3.8, 4) is 5.75 Å². The molecule has 0 bridgehead atoms. The van der Waals surface area contributed by atoms with Crippen molar-refractivity contribution in [1.82, 2.24) is 0 Å². The predicted molar refractivity (Wildman–Crippen MR) is 128 cm³/mol. The van der Waals surface area contributed by atoms with Crippen molar-refractivity contribution < 1.29 is 17.7 Å². The lowest BCUT2D eigenvalue weighted by Crippen LogP contribution is -2.30. The van der Waals surface area contributed by atoms with E-state index in [2.05, 4.69) is 50.9 Å². The van der Waals surface area contributed by atoms with E-state index in [1.165, 1.54) is 18.2 Å². The van der Waals surface area contributed by atoms with Gasteiger partial charge in [0.25, 0.3) is 10.1 Å². The molecule has 0 saturated carbocycles. The van der Waals surface area contributed by atoms with E-state index in [4.69, 9.17) is 33.7 Å². The maximum atomic E-state index is 11.6. The van der Waals surface area contributed by atoms with Crippen LogP contribution < -0.4 is 21.1 Å². The topological polar surface area (TPSA) is 151 Å². The van der Waals surface area contributed by atoms with Crippen molar-refractivity contribution in [1.29, 1.82) is 0 Å². The average Bonchev–Trinajstić information content (AvgIpc) is 3.02. The van der Waals surface area contributed by atoms with Gasteiger partial charge in [-0.25, -0.2) is 9.98 Å². The van der Waals surface area contributed by atoms with Crippen LogP contribution in [-0.2, 0) is 10.1 Å². The Morgan fingerprint density at radius 1 is 1.26 bits per heavy atom. The third kappa shape index (κ3) is 6.18. The molecule has 5 N–H and O–H groups in total. The highest BCUT2D eigenvalue weighted by Gasteiger charge is 2.27. The van der Waals surface area contributed by atoms with Crippen LogP contribution >= 0.6 is 48.5 Å². The van der Waals surface area contributed by atoms with Gasteiger partial charge in [0.2, 0.25) is 11.6 Å². The zero-order chi connectivity index (χ0) is 22.8.